The summed E-state index contributed by atoms with van der Waals surface area (Å²) >= 11 is 0. The Hall–Kier alpha value is -0.530. The van der Waals surface area contributed by atoms with Gasteiger partial charge in [-0.25, -0.2) is 0 Å². The van der Waals surface area contributed by atoms with Crippen LogP contribution in [0.4, 0.5) is 0 Å². The van der Waals surface area contributed by atoms with Gasteiger partial charge in [-0.3, -0.25) is 4.79 Å². The molecule has 0 saturated heterocycles. The Kier molecular flexibility index (Phi) is 5.13. The molecular formula is C13H26O2. The highest BCUT2D eigenvalue weighted by molar-refractivity contribution is 5.72. The molecule has 0 aromatic heterocycles. The van der Waals surface area contributed by atoms with Crippen LogP contribution >= 0.6 is 0 Å². The van der Waals surface area contributed by atoms with Crippen molar-refractivity contribution in [1.29, 1.82) is 0 Å². The monoisotopic (exact) mass is 219 g/mol. The first kappa shape index (κ1) is 7.70. The summed E-state index contributed by atoms with van der Waals surface area (Å²) in [5.74, 6) is -1.14. The van der Waals surface area contributed by atoms with E-state index in [1.54, 1.807) is 0 Å². The summed E-state index contributed by atoms with van der Waals surface area (Å²) in [4.78, 5) is 11.9. The minimum atomic E-state index is -2.96. The van der Waals surface area contributed by atoms with E-state index in [-0.39, 0.29) is 0 Å². The lowest BCUT2D eigenvalue weighted by atomic mass is 9.96. The number of esters is 1. The Bertz CT molecular complexity index is 289. The Morgan fingerprint density at radius 1 is 1.27 bits per heavy atom. The van der Waals surface area contributed by atoms with Gasteiger partial charge >= 0.3 is 5.97 Å². The van der Waals surface area contributed by atoms with Gasteiger partial charge in [0.25, 0.3) is 0 Å². The predicted molar refractivity (Wildman–Crippen MR) is 63.8 cm³/mol. The average molecular weight is 219 g/mol. The molecule has 0 aromatic carbocycles. The van der Waals surface area contributed by atoms with Gasteiger partial charge < -0.3 is 4.74 Å². The summed E-state index contributed by atoms with van der Waals surface area (Å²) in [5.41, 5.74) is 0. The highest BCUT2D eigenvalue weighted by atomic mass is 16.5. The lowest BCUT2D eigenvalue weighted by Crippen LogP contribution is -2.17. The molecule has 0 rings (SSSR count). The second-order valence-corrected chi connectivity index (χ2v) is 3.86. The van der Waals surface area contributed by atoms with E-state index in [2.05, 4.69) is 11.7 Å². The van der Waals surface area contributed by atoms with E-state index in [1.807, 2.05) is 6.92 Å². The molecule has 0 aliphatic heterocycles. The van der Waals surface area contributed by atoms with Crippen LogP contribution in [0.15, 0.2) is 0 Å². The summed E-state index contributed by atoms with van der Waals surface area (Å²) in [6, 6.07) is 0. The van der Waals surface area contributed by atoms with Gasteiger partial charge in [-0.2, -0.15) is 0 Å². The van der Waals surface area contributed by atoms with Gasteiger partial charge in [0.2, 0.25) is 0 Å². The Morgan fingerprint density at radius 3 is 2.67 bits per heavy atom. The quantitative estimate of drug-likeness (QED) is 0.434. The molecule has 2 heteroatoms. The van der Waals surface area contributed by atoms with Gasteiger partial charge in [-0.15, -0.1) is 0 Å². The Labute approximate surface area is 101 Å². The maximum Gasteiger partial charge on any atom is 0.308 e. The van der Waals surface area contributed by atoms with Crippen molar-refractivity contribution in [3.63, 3.8) is 0 Å². The molecule has 0 fully saturated rings. The number of carbonyl (C=O) groups is 1. The lowest BCUT2D eigenvalue weighted by Gasteiger charge is -2.14. The molecule has 0 unspecified atom stereocenters. The molecule has 0 bridgehead atoms. The largest absolute Gasteiger partial charge is 0.466 e. The Morgan fingerprint density at radius 2 is 2.07 bits per heavy atom. The zero-order valence-electron chi connectivity index (χ0n) is 14.8. The van der Waals surface area contributed by atoms with Crippen molar-refractivity contribution in [3.8, 4) is 0 Å². The highest BCUT2D eigenvalue weighted by Gasteiger charge is 2.17. The van der Waals surface area contributed by atoms with Crippen LogP contribution in [-0.4, -0.2) is 12.5 Å². The molecule has 0 N–H and O–H groups in total. The summed E-state index contributed by atoms with van der Waals surface area (Å²) in [7, 11) is 0. The van der Waals surface area contributed by atoms with Crippen LogP contribution in [0, 0.1) is 5.92 Å². The number of rotatable bonds is 9. The second kappa shape index (κ2) is 10.0. The molecule has 0 aliphatic carbocycles. The smallest absolute Gasteiger partial charge is 0.308 e. The number of unbranched alkanes of at least 4 members (excludes halogenated alkanes) is 3. The SMILES string of the molecule is [2H]C([2H])([2H])C([2H])([2H])OC(=O)[C@@H](CCC)CCCCCC. The first-order valence-corrected chi connectivity index (χ1v) is 5.88. The molecule has 90 valence electrons. The van der Waals surface area contributed by atoms with E-state index in [0.717, 1.165) is 32.1 Å². The van der Waals surface area contributed by atoms with Gasteiger partial charge in [-0.1, -0.05) is 46.0 Å². The molecule has 0 amide bonds. The van der Waals surface area contributed by atoms with E-state index in [4.69, 9.17) is 6.85 Å². The minimum absolute atomic E-state index is 0.408. The first-order valence-electron chi connectivity index (χ1n) is 8.38. The Balaban J connectivity index is 4.49. The van der Waals surface area contributed by atoms with Gasteiger partial charge in [0.1, 0.15) is 0 Å². The summed E-state index contributed by atoms with van der Waals surface area (Å²) in [5, 5.41) is 0. The van der Waals surface area contributed by atoms with Crippen molar-refractivity contribution < 1.29 is 16.4 Å². The molecule has 0 aliphatic rings. The summed E-state index contributed by atoms with van der Waals surface area (Å²) in [6.07, 6.45) is 6.12. The molecule has 0 heterocycles. The normalized spacial score (nSPS) is 19.2. The molecule has 0 spiro atoms. The van der Waals surface area contributed by atoms with Crippen molar-refractivity contribution in [1.82, 2.24) is 0 Å². The van der Waals surface area contributed by atoms with Crippen molar-refractivity contribution >= 4 is 5.97 Å². The van der Waals surface area contributed by atoms with Gasteiger partial charge in [0.15, 0.2) is 0 Å². The fourth-order valence-electron chi connectivity index (χ4n) is 1.68. The second-order valence-electron chi connectivity index (χ2n) is 3.86. The number of ether oxygens (including phenoxy) is 1. The molecule has 0 aromatic rings. The van der Waals surface area contributed by atoms with Crippen molar-refractivity contribution in [2.24, 2.45) is 5.92 Å². The molecule has 0 saturated carbocycles. The van der Waals surface area contributed by atoms with Crippen LogP contribution in [-0.2, 0) is 9.53 Å². The van der Waals surface area contributed by atoms with Crippen LogP contribution in [0.2, 0.25) is 0 Å². The van der Waals surface area contributed by atoms with E-state index >= 15 is 0 Å². The van der Waals surface area contributed by atoms with E-state index < -0.39 is 25.3 Å². The molecule has 2 nitrogen and oxygen atoms in total. The topological polar surface area (TPSA) is 26.3 Å². The van der Waals surface area contributed by atoms with Gasteiger partial charge in [-0.05, 0) is 19.7 Å². The molecule has 1 atom stereocenters. The first-order chi connectivity index (χ1) is 9.15. The van der Waals surface area contributed by atoms with E-state index in [9.17, 15) is 4.79 Å². The average Bonchev–Trinajstić information content (AvgIpc) is 2.31. The van der Waals surface area contributed by atoms with Crippen molar-refractivity contribution in [2.75, 3.05) is 6.56 Å². The lowest BCUT2D eigenvalue weighted by molar-refractivity contribution is -0.148. The fraction of sp³-hybridized carbons (Fsp3) is 0.923. The zero-order chi connectivity index (χ0) is 15.8. The minimum Gasteiger partial charge on any atom is -0.466 e. The third-order valence-corrected chi connectivity index (χ3v) is 2.53. The highest BCUT2D eigenvalue weighted by Crippen LogP contribution is 2.17. The maximum atomic E-state index is 11.9. The van der Waals surface area contributed by atoms with Crippen LogP contribution in [0.1, 0.15) is 72.5 Å². The number of hydrogen-bond donors (Lipinski definition) is 0. The molecule has 15 heavy (non-hydrogen) atoms. The third-order valence-electron chi connectivity index (χ3n) is 2.53. The molecule has 0 radical (unpaired) electrons. The van der Waals surface area contributed by atoms with Crippen molar-refractivity contribution in [2.45, 2.75) is 65.6 Å². The molecular weight excluding hydrogens is 188 g/mol. The predicted octanol–water partition coefficient (Wildman–Crippen LogP) is 3.94. The van der Waals surface area contributed by atoms with Crippen LogP contribution in [0.25, 0.3) is 0 Å². The zero-order valence-corrected chi connectivity index (χ0v) is 9.84. The van der Waals surface area contributed by atoms with Crippen molar-refractivity contribution in [3.05, 3.63) is 0 Å². The maximum absolute atomic E-state index is 11.9. The number of hydrogen-bond acceptors (Lipinski definition) is 2. The van der Waals surface area contributed by atoms with Crippen LogP contribution in [0.5, 0.6) is 0 Å². The van der Waals surface area contributed by atoms with Gasteiger partial charge in [0.05, 0.1) is 15.2 Å². The summed E-state index contributed by atoms with van der Waals surface area (Å²) < 4.78 is 40.4. The third kappa shape index (κ3) is 7.40. The van der Waals surface area contributed by atoms with Crippen LogP contribution < -0.4 is 0 Å². The number of carbonyl (C=O) groups excluding carboxylic acids is 1. The van der Waals surface area contributed by atoms with E-state index in [1.165, 1.54) is 0 Å². The van der Waals surface area contributed by atoms with Gasteiger partial charge in [0, 0.05) is 4.11 Å². The van der Waals surface area contributed by atoms with Crippen LogP contribution in [0.3, 0.4) is 0 Å². The standard InChI is InChI=1S/C13H26O2/c1-4-7-8-9-11-12(10-5-2)13(14)15-6-3/h12H,4-11H2,1-3H3/t12-/m0/s1/i3D3,6D2. The fourth-order valence-corrected chi connectivity index (χ4v) is 1.68. The van der Waals surface area contributed by atoms with E-state index in [0.29, 0.717) is 12.8 Å². The summed E-state index contributed by atoms with van der Waals surface area (Å²) in [6.45, 7) is -1.84.